The van der Waals surface area contributed by atoms with Crippen LogP contribution in [0.2, 0.25) is 5.02 Å². The van der Waals surface area contributed by atoms with Crippen molar-refractivity contribution in [2.75, 3.05) is 4.90 Å². The molecule has 166 valence electrons. The van der Waals surface area contributed by atoms with Crippen LogP contribution in [0.4, 0.5) is 10.1 Å². The highest BCUT2D eigenvalue weighted by molar-refractivity contribution is 7.80. The van der Waals surface area contributed by atoms with Crippen LogP contribution in [0.3, 0.4) is 0 Å². The van der Waals surface area contributed by atoms with E-state index in [1.807, 2.05) is 54.5 Å². The van der Waals surface area contributed by atoms with E-state index in [0.29, 0.717) is 21.9 Å². The van der Waals surface area contributed by atoms with E-state index in [4.69, 9.17) is 28.3 Å². The Hall–Kier alpha value is -3.07. The summed E-state index contributed by atoms with van der Waals surface area (Å²) in [6.45, 7) is 3.89. The molecule has 0 fully saturated rings. The third-order valence-electron chi connectivity index (χ3n) is 5.50. The summed E-state index contributed by atoms with van der Waals surface area (Å²) in [4.78, 5) is 7.47. The summed E-state index contributed by atoms with van der Waals surface area (Å²) in [7, 11) is 0. The van der Waals surface area contributed by atoms with Crippen LogP contribution < -0.4 is 10.2 Å². The number of nitrogens with one attached hydrogen (secondary N) is 1. The number of hydrogen-bond acceptors (Lipinski definition) is 5. The monoisotopic (exact) mass is 496 g/mol. The summed E-state index contributed by atoms with van der Waals surface area (Å²) >= 11 is 13.7. The van der Waals surface area contributed by atoms with Gasteiger partial charge in [-0.1, -0.05) is 41.0 Å². The van der Waals surface area contributed by atoms with Crippen LogP contribution in [-0.4, -0.2) is 15.3 Å². The molecule has 0 radical (unpaired) electrons. The van der Waals surface area contributed by atoms with Crippen molar-refractivity contribution < 1.29 is 8.91 Å². The Bertz CT molecular complexity index is 1370. The number of rotatable bonds is 4. The normalized spacial score (nSPS) is 16.3. The lowest BCUT2D eigenvalue weighted by Crippen LogP contribution is -2.46. The van der Waals surface area contributed by atoms with Crippen molar-refractivity contribution in [2.45, 2.75) is 19.9 Å². The van der Waals surface area contributed by atoms with Gasteiger partial charge < -0.3 is 9.84 Å². The minimum atomic E-state index is -0.396. The first-order chi connectivity index (χ1) is 15.9. The lowest BCUT2D eigenvalue weighted by atomic mass is 9.94. The maximum atomic E-state index is 13.6. The molecule has 1 N–H and O–H groups in total. The first kappa shape index (κ1) is 21.8. The Morgan fingerprint density at radius 3 is 2.64 bits per heavy atom. The summed E-state index contributed by atoms with van der Waals surface area (Å²) in [6, 6.07) is 15.5. The Morgan fingerprint density at radius 2 is 1.94 bits per heavy atom. The molecule has 3 heterocycles. The molecule has 1 atom stereocenters. The van der Waals surface area contributed by atoms with Gasteiger partial charge in [0.05, 0.1) is 16.5 Å². The lowest BCUT2D eigenvalue weighted by Gasteiger charge is -2.37. The molecule has 33 heavy (non-hydrogen) atoms. The average molecular weight is 497 g/mol. The van der Waals surface area contributed by atoms with Crippen molar-refractivity contribution in [1.82, 2.24) is 15.5 Å². The fourth-order valence-electron chi connectivity index (χ4n) is 3.80. The molecule has 9 heteroatoms. The molecule has 0 saturated heterocycles. The number of thiocarbonyl (C=S) groups is 1. The van der Waals surface area contributed by atoms with Gasteiger partial charge in [0.25, 0.3) is 5.89 Å². The predicted octanol–water partition coefficient (Wildman–Crippen LogP) is 6.77. The van der Waals surface area contributed by atoms with Crippen molar-refractivity contribution in [1.29, 1.82) is 0 Å². The van der Waals surface area contributed by atoms with Crippen LogP contribution in [0.5, 0.6) is 0 Å². The van der Waals surface area contributed by atoms with Gasteiger partial charge in [-0.2, -0.15) is 4.98 Å². The molecule has 2 aromatic carbocycles. The van der Waals surface area contributed by atoms with Crippen LogP contribution >= 0.6 is 35.2 Å². The summed E-state index contributed by atoms with van der Waals surface area (Å²) < 4.78 is 19.3. The molecular formula is C24H18ClFN4OS2. The van der Waals surface area contributed by atoms with Crippen molar-refractivity contribution in [2.24, 2.45) is 0 Å². The van der Waals surface area contributed by atoms with Crippen LogP contribution in [0.1, 0.15) is 30.0 Å². The maximum Gasteiger partial charge on any atom is 0.258 e. The van der Waals surface area contributed by atoms with Crippen LogP contribution in [0.15, 0.2) is 70.2 Å². The van der Waals surface area contributed by atoms with Crippen molar-refractivity contribution >= 4 is 51.5 Å². The van der Waals surface area contributed by atoms with Gasteiger partial charge >= 0.3 is 0 Å². The zero-order valence-corrected chi connectivity index (χ0v) is 20.1. The second-order valence-electron chi connectivity index (χ2n) is 7.60. The van der Waals surface area contributed by atoms with Crippen molar-refractivity contribution in [3.05, 3.63) is 93.5 Å². The number of aryl methyl sites for hydroxylation is 1. The highest BCUT2D eigenvalue weighted by Crippen LogP contribution is 2.40. The molecule has 0 spiro atoms. The van der Waals surface area contributed by atoms with E-state index in [1.165, 1.54) is 23.5 Å². The zero-order chi connectivity index (χ0) is 23.1. The SMILES string of the molecule is CC1=C(c2nc(-c3cccs3)no2)C(c2ccc(F)cc2)NC(=S)N1c1ccc(C)c(Cl)c1. The van der Waals surface area contributed by atoms with E-state index < -0.39 is 6.04 Å². The number of allylic oxidation sites excluding steroid dienone is 1. The fraction of sp³-hybridized carbons (Fsp3) is 0.125. The Kier molecular flexibility index (Phi) is 5.74. The van der Waals surface area contributed by atoms with Crippen molar-refractivity contribution in [3.63, 3.8) is 0 Å². The molecule has 1 aliphatic rings. The van der Waals surface area contributed by atoms with Crippen LogP contribution in [-0.2, 0) is 0 Å². The summed E-state index contributed by atoms with van der Waals surface area (Å²) in [5, 5.41) is 10.6. The molecule has 0 amide bonds. The highest BCUT2D eigenvalue weighted by Gasteiger charge is 2.35. The molecule has 0 aliphatic carbocycles. The standard InChI is InChI=1S/C24H18ClFN4OS2/c1-13-5-10-17(12-18(13)25)30-14(2)20(23-28-22(29-31-23)19-4-3-11-33-19)21(27-24(30)32)15-6-8-16(26)9-7-15/h3-12,21H,1-2H3,(H,27,32). The number of hydrogen-bond donors (Lipinski definition) is 1. The second kappa shape index (κ2) is 8.70. The largest absolute Gasteiger partial charge is 0.351 e. The van der Waals surface area contributed by atoms with Gasteiger partial charge in [0, 0.05) is 16.4 Å². The number of anilines is 1. The maximum absolute atomic E-state index is 13.6. The smallest absolute Gasteiger partial charge is 0.258 e. The van der Waals surface area contributed by atoms with E-state index in [2.05, 4.69) is 15.5 Å². The number of thiophene rings is 1. The molecule has 4 aromatic rings. The molecule has 2 aromatic heterocycles. The molecule has 0 saturated carbocycles. The predicted molar refractivity (Wildman–Crippen MR) is 134 cm³/mol. The minimum Gasteiger partial charge on any atom is -0.351 e. The van der Waals surface area contributed by atoms with E-state index in [1.54, 1.807) is 12.1 Å². The number of halogens is 2. The van der Waals surface area contributed by atoms with Gasteiger partial charge in [-0.25, -0.2) is 4.39 Å². The van der Waals surface area contributed by atoms with E-state index >= 15 is 0 Å². The minimum absolute atomic E-state index is 0.312. The van der Waals surface area contributed by atoms with E-state index in [-0.39, 0.29) is 5.82 Å². The van der Waals surface area contributed by atoms with Gasteiger partial charge in [0.2, 0.25) is 5.82 Å². The first-order valence-corrected chi connectivity index (χ1v) is 11.8. The molecule has 1 unspecified atom stereocenters. The number of aromatic nitrogens is 2. The molecular weight excluding hydrogens is 479 g/mol. The van der Waals surface area contributed by atoms with Crippen LogP contribution in [0.25, 0.3) is 16.3 Å². The van der Waals surface area contributed by atoms with Crippen molar-refractivity contribution in [3.8, 4) is 10.7 Å². The average Bonchev–Trinajstić information content (AvgIpc) is 3.48. The van der Waals surface area contributed by atoms with E-state index in [0.717, 1.165) is 33.0 Å². The Morgan fingerprint density at radius 1 is 1.15 bits per heavy atom. The Labute approximate surface area is 204 Å². The molecule has 1 aliphatic heterocycles. The quantitative estimate of drug-likeness (QED) is 0.315. The summed E-state index contributed by atoms with van der Waals surface area (Å²) in [5.41, 5.74) is 4.18. The van der Waals surface area contributed by atoms with Gasteiger partial charge in [-0.3, -0.25) is 4.90 Å². The summed E-state index contributed by atoms with van der Waals surface area (Å²) in [5.74, 6) is 0.563. The molecule has 5 nitrogen and oxygen atoms in total. The van der Waals surface area contributed by atoms with E-state index in [9.17, 15) is 4.39 Å². The van der Waals surface area contributed by atoms with Gasteiger partial charge in [-0.05, 0) is 72.9 Å². The third-order valence-corrected chi connectivity index (χ3v) is 7.07. The third kappa shape index (κ3) is 4.06. The number of benzene rings is 2. The fourth-order valence-corrected chi connectivity index (χ4v) is 4.98. The van der Waals surface area contributed by atoms with Gasteiger partial charge in [0.15, 0.2) is 5.11 Å². The molecule has 0 bridgehead atoms. The topological polar surface area (TPSA) is 54.2 Å². The lowest BCUT2D eigenvalue weighted by molar-refractivity contribution is 0.404. The van der Waals surface area contributed by atoms with Crippen LogP contribution in [0, 0.1) is 12.7 Å². The second-order valence-corrected chi connectivity index (χ2v) is 9.34. The summed E-state index contributed by atoms with van der Waals surface area (Å²) in [6.07, 6.45) is 0. The highest BCUT2D eigenvalue weighted by atomic mass is 35.5. The first-order valence-electron chi connectivity index (χ1n) is 10.1. The molecule has 5 rings (SSSR count). The van der Waals surface area contributed by atoms with Gasteiger partial charge in [0.1, 0.15) is 5.82 Å². The van der Waals surface area contributed by atoms with Gasteiger partial charge in [-0.15, -0.1) is 11.3 Å². The number of nitrogens with zero attached hydrogens (tertiary/aromatic N) is 3. The Balaban J connectivity index is 1.67. The zero-order valence-electron chi connectivity index (χ0n) is 17.7.